The minimum Gasteiger partial charge on any atom is -0.378 e. The van der Waals surface area contributed by atoms with Crippen LogP contribution in [0.1, 0.15) is 96.8 Å². The van der Waals surface area contributed by atoms with Gasteiger partial charge in [0.25, 0.3) is 0 Å². The first kappa shape index (κ1) is 19.5. The minimum absolute atomic E-state index is 0.583. The highest BCUT2D eigenvalue weighted by atomic mass is 16.5. The summed E-state index contributed by atoms with van der Waals surface area (Å²) in [5.74, 6) is 4.87. The molecule has 3 fully saturated rings. The van der Waals surface area contributed by atoms with Crippen LogP contribution in [0.3, 0.4) is 0 Å². The first-order chi connectivity index (χ1) is 12.2. The zero-order valence-electron chi connectivity index (χ0n) is 16.8. The Morgan fingerprint density at radius 2 is 1.32 bits per heavy atom. The normalized spacial score (nSPS) is 39.9. The molecule has 3 rings (SSSR count). The van der Waals surface area contributed by atoms with Gasteiger partial charge in [0, 0.05) is 6.61 Å². The maximum atomic E-state index is 6.29. The van der Waals surface area contributed by atoms with E-state index >= 15 is 0 Å². The SMILES string of the molecule is C=CCCC1CCC(C2CCC(COC3CCC(C)CC3)CC2)CC1. The van der Waals surface area contributed by atoms with E-state index in [-0.39, 0.29) is 0 Å². The fourth-order valence-electron chi connectivity index (χ4n) is 5.80. The first-order valence-corrected chi connectivity index (χ1v) is 11.5. The largest absolute Gasteiger partial charge is 0.378 e. The molecule has 25 heavy (non-hydrogen) atoms. The summed E-state index contributed by atoms with van der Waals surface area (Å²) in [5, 5.41) is 0. The molecule has 0 saturated heterocycles. The van der Waals surface area contributed by atoms with Crippen molar-refractivity contribution >= 4 is 0 Å². The number of ether oxygens (including phenoxy) is 1. The number of rotatable bonds is 7. The molecule has 0 aromatic carbocycles. The number of hydrogen-bond acceptors (Lipinski definition) is 1. The average Bonchev–Trinajstić information content (AvgIpc) is 2.67. The highest BCUT2D eigenvalue weighted by Gasteiger charge is 2.31. The Morgan fingerprint density at radius 3 is 1.88 bits per heavy atom. The Hall–Kier alpha value is -0.300. The van der Waals surface area contributed by atoms with Gasteiger partial charge in [0.2, 0.25) is 0 Å². The quantitative estimate of drug-likeness (QED) is 0.444. The fraction of sp³-hybridized carbons (Fsp3) is 0.917. The van der Waals surface area contributed by atoms with Crippen LogP contribution in [0.4, 0.5) is 0 Å². The van der Waals surface area contributed by atoms with E-state index in [9.17, 15) is 0 Å². The minimum atomic E-state index is 0.583. The van der Waals surface area contributed by atoms with Crippen molar-refractivity contribution in [2.45, 2.75) is 103 Å². The highest BCUT2D eigenvalue weighted by molar-refractivity contribution is 4.83. The second-order valence-corrected chi connectivity index (χ2v) is 9.64. The highest BCUT2D eigenvalue weighted by Crippen LogP contribution is 2.42. The zero-order valence-corrected chi connectivity index (χ0v) is 16.8. The smallest absolute Gasteiger partial charge is 0.0575 e. The summed E-state index contributed by atoms with van der Waals surface area (Å²) in [6.07, 6.45) is 22.5. The predicted molar refractivity (Wildman–Crippen MR) is 108 cm³/mol. The van der Waals surface area contributed by atoms with Crippen molar-refractivity contribution in [3.63, 3.8) is 0 Å². The van der Waals surface area contributed by atoms with Gasteiger partial charge in [-0.2, -0.15) is 0 Å². The third-order valence-electron chi connectivity index (χ3n) is 7.76. The Labute approximate surface area is 157 Å². The van der Waals surface area contributed by atoms with Crippen molar-refractivity contribution in [1.82, 2.24) is 0 Å². The molecule has 0 unspecified atom stereocenters. The van der Waals surface area contributed by atoms with Crippen LogP contribution in [0, 0.1) is 29.6 Å². The third kappa shape index (κ3) is 6.12. The second kappa shape index (κ2) is 10.1. The molecule has 0 bridgehead atoms. The van der Waals surface area contributed by atoms with Crippen LogP contribution in [-0.4, -0.2) is 12.7 Å². The summed E-state index contributed by atoms with van der Waals surface area (Å²) < 4.78 is 6.29. The van der Waals surface area contributed by atoms with Crippen LogP contribution >= 0.6 is 0 Å². The molecule has 0 heterocycles. The molecule has 3 aliphatic rings. The molecule has 0 aromatic rings. The van der Waals surface area contributed by atoms with E-state index in [1.807, 2.05) is 0 Å². The molecule has 0 N–H and O–H groups in total. The molecule has 1 nitrogen and oxygen atoms in total. The summed E-state index contributed by atoms with van der Waals surface area (Å²) >= 11 is 0. The van der Waals surface area contributed by atoms with E-state index in [0.717, 1.165) is 36.2 Å². The molecule has 0 amide bonds. The molecule has 0 atom stereocenters. The Balaban J connectivity index is 1.29. The van der Waals surface area contributed by atoms with Crippen LogP contribution in [0.15, 0.2) is 12.7 Å². The lowest BCUT2D eigenvalue weighted by Crippen LogP contribution is -2.28. The third-order valence-corrected chi connectivity index (χ3v) is 7.76. The fourth-order valence-corrected chi connectivity index (χ4v) is 5.80. The van der Waals surface area contributed by atoms with E-state index < -0.39 is 0 Å². The van der Waals surface area contributed by atoms with Gasteiger partial charge in [0.1, 0.15) is 0 Å². The Bertz CT molecular complexity index is 366. The van der Waals surface area contributed by atoms with Crippen molar-refractivity contribution in [3.8, 4) is 0 Å². The summed E-state index contributed by atoms with van der Waals surface area (Å²) in [6, 6.07) is 0. The molecule has 1 heteroatoms. The maximum absolute atomic E-state index is 6.29. The van der Waals surface area contributed by atoms with Gasteiger partial charge < -0.3 is 4.74 Å². The maximum Gasteiger partial charge on any atom is 0.0575 e. The van der Waals surface area contributed by atoms with Crippen molar-refractivity contribution in [1.29, 1.82) is 0 Å². The average molecular weight is 347 g/mol. The van der Waals surface area contributed by atoms with E-state index in [4.69, 9.17) is 4.74 Å². The van der Waals surface area contributed by atoms with E-state index in [1.54, 1.807) is 0 Å². The van der Waals surface area contributed by atoms with Gasteiger partial charge in [-0.25, -0.2) is 0 Å². The van der Waals surface area contributed by atoms with E-state index in [2.05, 4.69) is 19.6 Å². The standard InChI is InChI=1S/C24H42O/c1-3-4-5-20-8-12-22(13-9-20)23-14-10-21(11-15-23)18-25-24-16-6-19(2)7-17-24/h3,19-24H,1,4-18H2,2H3. The topological polar surface area (TPSA) is 9.23 Å². The molecule has 0 radical (unpaired) electrons. The van der Waals surface area contributed by atoms with Crippen molar-refractivity contribution in [2.75, 3.05) is 6.61 Å². The molecule has 0 aromatic heterocycles. The summed E-state index contributed by atoms with van der Waals surface area (Å²) in [4.78, 5) is 0. The van der Waals surface area contributed by atoms with Gasteiger partial charge in [-0.1, -0.05) is 25.8 Å². The van der Waals surface area contributed by atoms with Gasteiger partial charge in [0.05, 0.1) is 6.10 Å². The molecular weight excluding hydrogens is 304 g/mol. The van der Waals surface area contributed by atoms with Crippen molar-refractivity contribution < 1.29 is 4.74 Å². The van der Waals surface area contributed by atoms with E-state index in [0.29, 0.717) is 6.10 Å². The van der Waals surface area contributed by atoms with Gasteiger partial charge in [0.15, 0.2) is 0 Å². The van der Waals surface area contributed by atoms with Crippen molar-refractivity contribution in [3.05, 3.63) is 12.7 Å². The van der Waals surface area contributed by atoms with Crippen molar-refractivity contribution in [2.24, 2.45) is 29.6 Å². The van der Waals surface area contributed by atoms with Gasteiger partial charge in [-0.3, -0.25) is 0 Å². The predicted octanol–water partition coefficient (Wildman–Crippen LogP) is 7.16. The Morgan fingerprint density at radius 1 is 0.760 bits per heavy atom. The molecule has 3 saturated carbocycles. The van der Waals surface area contributed by atoms with Gasteiger partial charge in [-0.15, -0.1) is 6.58 Å². The lowest BCUT2D eigenvalue weighted by Gasteiger charge is -2.38. The first-order valence-electron chi connectivity index (χ1n) is 11.5. The molecule has 144 valence electrons. The Kier molecular flexibility index (Phi) is 7.90. The molecular formula is C24H42O. The summed E-state index contributed by atoms with van der Waals surface area (Å²) in [5.41, 5.74) is 0. The van der Waals surface area contributed by atoms with Gasteiger partial charge >= 0.3 is 0 Å². The second-order valence-electron chi connectivity index (χ2n) is 9.64. The zero-order chi connectivity index (χ0) is 17.5. The van der Waals surface area contributed by atoms with Crippen LogP contribution in [0.25, 0.3) is 0 Å². The van der Waals surface area contributed by atoms with E-state index in [1.165, 1.54) is 89.9 Å². The summed E-state index contributed by atoms with van der Waals surface area (Å²) in [7, 11) is 0. The molecule has 0 spiro atoms. The number of hydrogen-bond donors (Lipinski definition) is 0. The van der Waals surface area contributed by atoms with Crippen LogP contribution in [0.5, 0.6) is 0 Å². The van der Waals surface area contributed by atoms with Crippen LogP contribution < -0.4 is 0 Å². The van der Waals surface area contributed by atoms with Crippen LogP contribution in [0.2, 0.25) is 0 Å². The molecule has 0 aliphatic heterocycles. The lowest BCUT2D eigenvalue weighted by molar-refractivity contribution is -0.0111. The van der Waals surface area contributed by atoms with Crippen LogP contribution in [-0.2, 0) is 4.74 Å². The number of allylic oxidation sites excluding steroid dienone is 1. The summed E-state index contributed by atoms with van der Waals surface area (Å²) in [6.45, 7) is 7.33. The monoisotopic (exact) mass is 346 g/mol. The molecule has 3 aliphatic carbocycles. The lowest BCUT2D eigenvalue weighted by atomic mass is 9.69. The van der Waals surface area contributed by atoms with Gasteiger partial charge in [-0.05, 0) is 107 Å².